The summed E-state index contributed by atoms with van der Waals surface area (Å²) in [6.07, 6.45) is 2.11. The Balaban J connectivity index is 2.44. The van der Waals surface area contributed by atoms with Gasteiger partial charge in [-0.25, -0.2) is 0 Å². The lowest BCUT2D eigenvalue weighted by Gasteiger charge is -2.16. The SMILES string of the molecule is CCc1ccc(CC)c(C(Br)c2cccc(Cl)c2)c1. The van der Waals surface area contributed by atoms with Crippen LogP contribution in [0.5, 0.6) is 0 Å². The summed E-state index contributed by atoms with van der Waals surface area (Å²) in [5, 5.41) is 0.784. The van der Waals surface area contributed by atoms with Gasteiger partial charge in [0, 0.05) is 5.02 Å². The number of hydrogen-bond donors (Lipinski definition) is 0. The van der Waals surface area contributed by atoms with Gasteiger partial charge in [0.1, 0.15) is 0 Å². The van der Waals surface area contributed by atoms with Crippen LogP contribution in [0.15, 0.2) is 42.5 Å². The first kappa shape index (κ1) is 14.6. The van der Waals surface area contributed by atoms with E-state index in [1.807, 2.05) is 18.2 Å². The molecule has 1 unspecified atom stereocenters. The monoisotopic (exact) mass is 336 g/mol. The van der Waals surface area contributed by atoms with E-state index in [1.54, 1.807) is 0 Å². The molecule has 0 saturated carbocycles. The summed E-state index contributed by atoms with van der Waals surface area (Å²) < 4.78 is 0. The number of halogens is 2. The van der Waals surface area contributed by atoms with Crippen LogP contribution in [0.25, 0.3) is 0 Å². The van der Waals surface area contributed by atoms with Gasteiger partial charge in [0.05, 0.1) is 4.83 Å². The van der Waals surface area contributed by atoms with Gasteiger partial charge in [-0.15, -0.1) is 0 Å². The highest BCUT2D eigenvalue weighted by atomic mass is 79.9. The molecule has 2 rings (SSSR count). The number of alkyl halides is 1. The van der Waals surface area contributed by atoms with Crippen LogP contribution in [0, 0.1) is 0 Å². The normalized spacial score (nSPS) is 12.4. The fraction of sp³-hybridized carbons (Fsp3) is 0.294. The van der Waals surface area contributed by atoms with Gasteiger partial charge in [0.2, 0.25) is 0 Å². The van der Waals surface area contributed by atoms with E-state index in [4.69, 9.17) is 11.6 Å². The summed E-state index contributed by atoms with van der Waals surface area (Å²) >= 11 is 9.91. The number of hydrogen-bond acceptors (Lipinski definition) is 0. The summed E-state index contributed by atoms with van der Waals surface area (Å²) in [6, 6.07) is 14.8. The van der Waals surface area contributed by atoms with Crippen LogP contribution in [-0.4, -0.2) is 0 Å². The van der Waals surface area contributed by atoms with E-state index in [-0.39, 0.29) is 4.83 Å². The van der Waals surface area contributed by atoms with Crippen LogP contribution in [0.4, 0.5) is 0 Å². The van der Waals surface area contributed by atoms with Crippen LogP contribution in [0.1, 0.15) is 40.9 Å². The minimum absolute atomic E-state index is 0.202. The third-order valence-corrected chi connectivity index (χ3v) is 4.67. The Kier molecular flexibility index (Phi) is 5.06. The summed E-state index contributed by atoms with van der Waals surface area (Å²) in [5.74, 6) is 0. The maximum absolute atomic E-state index is 6.09. The molecule has 2 heteroatoms. The standard InChI is InChI=1S/C17H18BrCl/c1-3-12-8-9-13(4-2)16(10-12)17(18)14-6-5-7-15(19)11-14/h5-11,17H,3-4H2,1-2H3. The van der Waals surface area contributed by atoms with Crippen LogP contribution < -0.4 is 0 Å². The second-order valence-electron chi connectivity index (χ2n) is 4.66. The number of rotatable bonds is 4. The topological polar surface area (TPSA) is 0 Å². The molecule has 0 fully saturated rings. The molecule has 0 nitrogen and oxygen atoms in total. The van der Waals surface area contributed by atoms with Crippen molar-refractivity contribution in [1.29, 1.82) is 0 Å². The first-order valence-electron chi connectivity index (χ1n) is 6.67. The number of benzene rings is 2. The third kappa shape index (κ3) is 3.40. The molecule has 0 aliphatic rings. The van der Waals surface area contributed by atoms with Crippen molar-refractivity contribution < 1.29 is 0 Å². The molecule has 0 aliphatic carbocycles. The average molecular weight is 338 g/mol. The molecule has 0 aliphatic heterocycles. The first-order chi connectivity index (χ1) is 9.15. The fourth-order valence-electron chi connectivity index (χ4n) is 2.27. The van der Waals surface area contributed by atoms with E-state index in [1.165, 1.54) is 22.3 Å². The fourth-order valence-corrected chi connectivity index (χ4v) is 3.18. The second kappa shape index (κ2) is 6.58. The summed E-state index contributed by atoms with van der Waals surface area (Å²) in [5.41, 5.74) is 5.32. The Hall–Kier alpha value is -0.790. The summed E-state index contributed by atoms with van der Waals surface area (Å²) in [4.78, 5) is 0.202. The zero-order valence-corrected chi connectivity index (χ0v) is 13.6. The average Bonchev–Trinajstić information content (AvgIpc) is 2.45. The Labute approximate surface area is 128 Å². The van der Waals surface area contributed by atoms with Gasteiger partial charge in [0.15, 0.2) is 0 Å². The lowest BCUT2D eigenvalue weighted by atomic mass is 9.95. The van der Waals surface area contributed by atoms with Crippen molar-refractivity contribution in [1.82, 2.24) is 0 Å². The van der Waals surface area contributed by atoms with Gasteiger partial charge in [-0.3, -0.25) is 0 Å². The molecule has 0 radical (unpaired) electrons. The lowest BCUT2D eigenvalue weighted by molar-refractivity contribution is 1.03. The highest BCUT2D eigenvalue weighted by Gasteiger charge is 2.14. The predicted octanol–water partition coefficient (Wildman–Crippen LogP) is 5.95. The van der Waals surface area contributed by atoms with E-state index < -0.39 is 0 Å². The highest BCUT2D eigenvalue weighted by Crippen LogP contribution is 2.34. The summed E-state index contributed by atoms with van der Waals surface area (Å²) in [6.45, 7) is 4.38. The van der Waals surface area contributed by atoms with E-state index in [0.717, 1.165) is 17.9 Å². The van der Waals surface area contributed by atoms with Gasteiger partial charge in [0.25, 0.3) is 0 Å². The molecule has 0 saturated heterocycles. The molecule has 0 N–H and O–H groups in total. The van der Waals surface area contributed by atoms with E-state index in [2.05, 4.69) is 54.0 Å². The van der Waals surface area contributed by atoms with E-state index >= 15 is 0 Å². The van der Waals surface area contributed by atoms with Gasteiger partial charge >= 0.3 is 0 Å². The molecule has 1 atom stereocenters. The quantitative estimate of drug-likeness (QED) is 0.605. The predicted molar refractivity (Wildman–Crippen MR) is 87.4 cm³/mol. The molecule has 2 aromatic carbocycles. The third-order valence-electron chi connectivity index (χ3n) is 3.41. The first-order valence-corrected chi connectivity index (χ1v) is 7.96. The van der Waals surface area contributed by atoms with Crippen molar-refractivity contribution in [2.45, 2.75) is 31.5 Å². The van der Waals surface area contributed by atoms with E-state index in [9.17, 15) is 0 Å². The van der Waals surface area contributed by atoms with Gasteiger partial charge in [-0.1, -0.05) is 71.7 Å². The van der Waals surface area contributed by atoms with Crippen LogP contribution in [0.3, 0.4) is 0 Å². The smallest absolute Gasteiger partial charge is 0.0647 e. The Bertz CT molecular complexity index is 563. The van der Waals surface area contributed by atoms with Crippen LogP contribution in [-0.2, 0) is 12.8 Å². The number of aryl methyl sites for hydroxylation is 2. The van der Waals surface area contributed by atoms with Gasteiger partial charge < -0.3 is 0 Å². The minimum atomic E-state index is 0.202. The molecule has 19 heavy (non-hydrogen) atoms. The van der Waals surface area contributed by atoms with Gasteiger partial charge in [-0.2, -0.15) is 0 Å². The molecule has 0 aromatic heterocycles. The Morgan fingerprint density at radius 1 is 1.05 bits per heavy atom. The van der Waals surface area contributed by atoms with Crippen molar-refractivity contribution in [2.75, 3.05) is 0 Å². The molecular formula is C17H18BrCl. The summed E-state index contributed by atoms with van der Waals surface area (Å²) in [7, 11) is 0. The Morgan fingerprint density at radius 3 is 2.47 bits per heavy atom. The van der Waals surface area contributed by atoms with Crippen LogP contribution in [0.2, 0.25) is 5.02 Å². The molecule has 100 valence electrons. The van der Waals surface area contributed by atoms with Crippen molar-refractivity contribution in [3.63, 3.8) is 0 Å². The van der Waals surface area contributed by atoms with Crippen molar-refractivity contribution in [3.8, 4) is 0 Å². The minimum Gasteiger partial charge on any atom is -0.0843 e. The zero-order valence-electron chi connectivity index (χ0n) is 11.3. The molecule has 2 aromatic rings. The maximum atomic E-state index is 6.09. The molecule has 0 bridgehead atoms. The zero-order chi connectivity index (χ0) is 13.8. The van der Waals surface area contributed by atoms with Crippen molar-refractivity contribution >= 4 is 27.5 Å². The largest absolute Gasteiger partial charge is 0.0843 e. The second-order valence-corrected chi connectivity index (χ2v) is 6.01. The van der Waals surface area contributed by atoms with Crippen LogP contribution >= 0.6 is 27.5 Å². The van der Waals surface area contributed by atoms with Gasteiger partial charge in [-0.05, 0) is 47.2 Å². The van der Waals surface area contributed by atoms with Crippen molar-refractivity contribution in [3.05, 3.63) is 69.7 Å². The highest BCUT2D eigenvalue weighted by molar-refractivity contribution is 9.09. The van der Waals surface area contributed by atoms with Crippen molar-refractivity contribution in [2.24, 2.45) is 0 Å². The molecule has 0 spiro atoms. The Morgan fingerprint density at radius 2 is 1.84 bits per heavy atom. The molecule has 0 amide bonds. The molecular weight excluding hydrogens is 320 g/mol. The molecule has 0 heterocycles. The lowest BCUT2D eigenvalue weighted by Crippen LogP contribution is -1.99. The van der Waals surface area contributed by atoms with E-state index in [0.29, 0.717) is 0 Å². The maximum Gasteiger partial charge on any atom is 0.0647 e.